The van der Waals surface area contributed by atoms with E-state index >= 15 is 0 Å². The van der Waals surface area contributed by atoms with E-state index in [9.17, 15) is 9.18 Å². The summed E-state index contributed by atoms with van der Waals surface area (Å²) in [4.78, 5) is 13.1. The summed E-state index contributed by atoms with van der Waals surface area (Å²) < 4.78 is 14.1. The molecule has 0 unspecified atom stereocenters. The third-order valence-corrected chi connectivity index (χ3v) is 4.46. The second kappa shape index (κ2) is 6.02. The summed E-state index contributed by atoms with van der Waals surface area (Å²) in [6.45, 7) is 2.82. The van der Waals surface area contributed by atoms with Crippen LogP contribution in [-0.4, -0.2) is 31.6 Å². The molecule has 1 aromatic rings. The normalized spacial score (nSPS) is 19.8. The molecule has 1 amide bonds. The Morgan fingerprint density at radius 2 is 2.00 bits per heavy atom. The van der Waals surface area contributed by atoms with Gasteiger partial charge in [0, 0.05) is 24.7 Å². The van der Waals surface area contributed by atoms with Crippen LogP contribution in [0.3, 0.4) is 0 Å². The van der Waals surface area contributed by atoms with Crippen LogP contribution >= 0.6 is 0 Å². The van der Waals surface area contributed by atoms with Gasteiger partial charge in [0.05, 0.1) is 5.69 Å². The fourth-order valence-electron chi connectivity index (χ4n) is 2.90. The first kappa shape index (κ1) is 14.3. The lowest BCUT2D eigenvalue weighted by atomic mass is 10.0. The van der Waals surface area contributed by atoms with Crippen molar-refractivity contribution in [1.29, 1.82) is 0 Å². The van der Waals surface area contributed by atoms with Crippen molar-refractivity contribution in [3.8, 4) is 0 Å². The molecule has 1 saturated heterocycles. The Hall–Kier alpha value is -1.62. The predicted octanol–water partition coefficient (Wildman–Crippen LogP) is 1.89. The van der Waals surface area contributed by atoms with Crippen molar-refractivity contribution in [2.75, 3.05) is 24.5 Å². The number of benzene rings is 1. The molecule has 4 nitrogen and oxygen atoms in total. The molecule has 1 aromatic carbocycles. The SMILES string of the molecule is NC(=O)c1ccc(N2CCC(NCC3CC3)CC2)c(F)c1. The first-order chi connectivity index (χ1) is 10.1. The number of rotatable bonds is 5. The van der Waals surface area contributed by atoms with E-state index in [0.29, 0.717) is 11.7 Å². The van der Waals surface area contributed by atoms with Crippen molar-refractivity contribution in [2.24, 2.45) is 11.7 Å². The topological polar surface area (TPSA) is 58.4 Å². The van der Waals surface area contributed by atoms with Gasteiger partial charge in [-0.15, -0.1) is 0 Å². The van der Waals surface area contributed by atoms with Gasteiger partial charge in [0.1, 0.15) is 5.82 Å². The molecule has 2 fully saturated rings. The zero-order valence-electron chi connectivity index (χ0n) is 12.1. The van der Waals surface area contributed by atoms with Gasteiger partial charge in [-0.1, -0.05) is 0 Å². The minimum absolute atomic E-state index is 0.220. The Balaban J connectivity index is 1.57. The second-order valence-electron chi connectivity index (χ2n) is 6.14. The molecule has 0 radical (unpaired) electrons. The highest BCUT2D eigenvalue weighted by Gasteiger charge is 2.25. The minimum atomic E-state index is -0.594. The maximum Gasteiger partial charge on any atom is 0.248 e. The van der Waals surface area contributed by atoms with Gasteiger partial charge in [-0.05, 0) is 56.3 Å². The minimum Gasteiger partial charge on any atom is -0.369 e. The smallest absolute Gasteiger partial charge is 0.248 e. The fraction of sp³-hybridized carbons (Fsp3) is 0.562. The molecule has 21 heavy (non-hydrogen) atoms. The van der Waals surface area contributed by atoms with Gasteiger partial charge in [0.2, 0.25) is 5.91 Å². The van der Waals surface area contributed by atoms with Crippen LogP contribution in [0.1, 0.15) is 36.0 Å². The predicted molar refractivity (Wildman–Crippen MR) is 80.9 cm³/mol. The summed E-state index contributed by atoms with van der Waals surface area (Å²) in [5.74, 6) is -0.0686. The lowest BCUT2D eigenvalue weighted by Crippen LogP contribution is -2.43. The van der Waals surface area contributed by atoms with E-state index in [-0.39, 0.29) is 11.4 Å². The van der Waals surface area contributed by atoms with Gasteiger partial charge >= 0.3 is 0 Å². The molecule has 0 aromatic heterocycles. The Labute approximate surface area is 124 Å². The maximum atomic E-state index is 14.1. The summed E-state index contributed by atoms with van der Waals surface area (Å²) >= 11 is 0. The molecule has 2 aliphatic rings. The Morgan fingerprint density at radius 1 is 1.29 bits per heavy atom. The number of anilines is 1. The fourth-order valence-corrected chi connectivity index (χ4v) is 2.90. The van der Waals surface area contributed by atoms with Gasteiger partial charge in [-0.2, -0.15) is 0 Å². The molecule has 0 bridgehead atoms. The standard InChI is InChI=1S/C16H22FN3O/c17-14-9-12(16(18)21)3-4-15(14)20-7-5-13(6-8-20)19-10-11-1-2-11/h3-4,9,11,13,19H,1-2,5-8,10H2,(H2,18,21). The van der Waals surface area contributed by atoms with E-state index in [0.717, 1.165) is 38.4 Å². The molecule has 1 aliphatic heterocycles. The molecule has 1 heterocycles. The van der Waals surface area contributed by atoms with Gasteiger partial charge in [0.15, 0.2) is 0 Å². The average molecular weight is 291 g/mol. The van der Waals surface area contributed by atoms with Crippen LogP contribution in [0.5, 0.6) is 0 Å². The van der Waals surface area contributed by atoms with Crippen LogP contribution in [0.15, 0.2) is 18.2 Å². The lowest BCUT2D eigenvalue weighted by Gasteiger charge is -2.34. The number of nitrogens with one attached hydrogen (secondary N) is 1. The van der Waals surface area contributed by atoms with Crippen molar-refractivity contribution in [3.63, 3.8) is 0 Å². The third-order valence-electron chi connectivity index (χ3n) is 4.46. The van der Waals surface area contributed by atoms with Crippen molar-refractivity contribution >= 4 is 11.6 Å². The highest BCUT2D eigenvalue weighted by atomic mass is 19.1. The van der Waals surface area contributed by atoms with Gasteiger partial charge in [-0.3, -0.25) is 4.79 Å². The van der Waals surface area contributed by atoms with E-state index in [4.69, 9.17) is 5.73 Å². The van der Waals surface area contributed by atoms with E-state index in [1.165, 1.54) is 18.9 Å². The highest BCUT2D eigenvalue weighted by Crippen LogP contribution is 2.28. The molecule has 1 aliphatic carbocycles. The summed E-state index contributed by atoms with van der Waals surface area (Å²) in [5.41, 5.74) is 5.95. The van der Waals surface area contributed by atoms with Gasteiger partial charge in [0.25, 0.3) is 0 Å². The quantitative estimate of drug-likeness (QED) is 0.871. The molecular weight excluding hydrogens is 269 g/mol. The molecule has 3 N–H and O–H groups in total. The molecule has 3 rings (SSSR count). The first-order valence-corrected chi connectivity index (χ1v) is 7.71. The molecule has 114 valence electrons. The number of carbonyl (C=O) groups is 1. The van der Waals surface area contributed by atoms with Crippen LogP contribution in [0.2, 0.25) is 0 Å². The van der Waals surface area contributed by atoms with E-state index in [1.54, 1.807) is 12.1 Å². The maximum absolute atomic E-state index is 14.1. The highest BCUT2D eigenvalue weighted by molar-refractivity contribution is 5.93. The summed E-state index contributed by atoms with van der Waals surface area (Å²) in [5, 5.41) is 3.61. The molecule has 1 saturated carbocycles. The van der Waals surface area contributed by atoms with Gasteiger partial charge in [-0.25, -0.2) is 4.39 Å². The molecule has 0 spiro atoms. The number of primary amides is 1. The van der Waals surface area contributed by atoms with Crippen LogP contribution in [0.25, 0.3) is 0 Å². The summed E-state index contributed by atoms with van der Waals surface area (Å²) in [7, 11) is 0. The number of piperidine rings is 1. The number of amides is 1. The zero-order chi connectivity index (χ0) is 14.8. The first-order valence-electron chi connectivity index (χ1n) is 7.71. The van der Waals surface area contributed by atoms with Crippen LogP contribution in [0, 0.1) is 11.7 Å². The summed E-state index contributed by atoms with van der Waals surface area (Å²) in [6, 6.07) is 5.04. The number of carbonyl (C=O) groups excluding carboxylic acids is 1. The zero-order valence-corrected chi connectivity index (χ0v) is 12.1. The second-order valence-corrected chi connectivity index (χ2v) is 6.14. The molecule has 5 heteroatoms. The third kappa shape index (κ3) is 3.53. The van der Waals surface area contributed by atoms with Crippen molar-refractivity contribution < 1.29 is 9.18 Å². The Morgan fingerprint density at radius 3 is 2.57 bits per heavy atom. The van der Waals surface area contributed by atoms with Gasteiger partial charge < -0.3 is 16.0 Å². The van der Waals surface area contributed by atoms with Crippen LogP contribution < -0.4 is 16.0 Å². The van der Waals surface area contributed by atoms with Crippen molar-refractivity contribution in [2.45, 2.75) is 31.7 Å². The molecule has 0 atom stereocenters. The van der Waals surface area contributed by atoms with Crippen LogP contribution in [0.4, 0.5) is 10.1 Å². The number of nitrogens with two attached hydrogens (primary N) is 1. The van der Waals surface area contributed by atoms with Crippen LogP contribution in [-0.2, 0) is 0 Å². The van der Waals surface area contributed by atoms with E-state index in [1.807, 2.05) is 0 Å². The number of hydrogen-bond acceptors (Lipinski definition) is 3. The molecular formula is C16H22FN3O. The Kier molecular flexibility index (Phi) is 4.10. The van der Waals surface area contributed by atoms with E-state index in [2.05, 4.69) is 10.2 Å². The van der Waals surface area contributed by atoms with Crippen molar-refractivity contribution in [1.82, 2.24) is 5.32 Å². The number of hydrogen-bond donors (Lipinski definition) is 2. The Bertz CT molecular complexity index is 522. The largest absolute Gasteiger partial charge is 0.369 e. The lowest BCUT2D eigenvalue weighted by molar-refractivity contribution is 0.1000. The summed E-state index contributed by atoms with van der Waals surface area (Å²) in [6.07, 6.45) is 4.79. The number of nitrogens with zero attached hydrogens (tertiary/aromatic N) is 1. The average Bonchev–Trinajstić information content (AvgIpc) is 3.30. The number of halogens is 1. The van der Waals surface area contributed by atoms with Crippen molar-refractivity contribution in [3.05, 3.63) is 29.6 Å². The van der Waals surface area contributed by atoms with E-state index < -0.39 is 5.91 Å². The monoisotopic (exact) mass is 291 g/mol.